The third-order valence-corrected chi connectivity index (χ3v) is 1.86. The molecule has 0 aliphatic heterocycles. The molecule has 0 bridgehead atoms. The van der Waals surface area contributed by atoms with E-state index in [0.717, 1.165) is 0 Å². The van der Waals surface area contributed by atoms with E-state index in [4.69, 9.17) is 15.0 Å². The second-order valence-electron chi connectivity index (χ2n) is 2.47. The molecule has 0 aromatic rings. The van der Waals surface area contributed by atoms with Gasteiger partial charge in [0.25, 0.3) is 0 Å². The fourth-order valence-electron chi connectivity index (χ4n) is 0.673. The molecule has 15 heavy (non-hydrogen) atoms. The first-order valence-corrected chi connectivity index (χ1v) is 5.15. The zero-order valence-electron chi connectivity index (χ0n) is 7.10. The first kappa shape index (κ1) is 13.9. The first-order chi connectivity index (χ1) is 6.58. The second kappa shape index (κ2) is 4.61. The van der Waals surface area contributed by atoms with E-state index in [2.05, 4.69) is 0 Å². The van der Waals surface area contributed by atoms with Gasteiger partial charge in [-0.15, -0.1) is 0 Å². The van der Waals surface area contributed by atoms with E-state index in [1.165, 1.54) is 6.07 Å². The van der Waals surface area contributed by atoms with Crippen LogP contribution in [0.15, 0.2) is 0 Å². The van der Waals surface area contributed by atoms with E-state index in [1.807, 2.05) is 0 Å². The lowest BCUT2D eigenvalue weighted by Gasteiger charge is -2.20. The van der Waals surface area contributed by atoms with Crippen LogP contribution in [0.25, 0.3) is 0 Å². The van der Waals surface area contributed by atoms with Crippen LogP contribution in [0.1, 0.15) is 0 Å². The smallest absolute Gasteiger partial charge is 0.323 e. The summed E-state index contributed by atoms with van der Waals surface area (Å²) < 4.78 is 45.9. The van der Waals surface area contributed by atoms with Crippen LogP contribution in [0.2, 0.25) is 0 Å². The van der Waals surface area contributed by atoms with Gasteiger partial charge in [-0.25, -0.2) is 0 Å². The molecule has 0 saturated carbocycles. The number of carbonyl (C=O) groups is 1. The predicted octanol–water partition coefficient (Wildman–Crippen LogP) is 0.0361. The third kappa shape index (κ3) is 5.37. The monoisotopic (exact) mass is 246 g/mol. The van der Waals surface area contributed by atoms with Crippen LogP contribution < -0.4 is 0 Å². The Morgan fingerprint density at radius 2 is 1.93 bits per heavy atom. The van der Waals surface area contributed by atoms with Gasteiger partial charge in [-0.1, -0.05) is 0 Å². The van der Waals surface area contributed by atoms with E-state index >= 15 is 0 Å². The minimum absolute atomic E-state index is 0.249. The van der Waals surface area contributed by atoms with Crippen molar-refractivity contribution in [2.24, 2.45) is 0 Å². The zero-order valence-corrected chi connectivity index (χ0v) is 8.00. The Morgan fingerprint density at radius 1 is 1.47 bits per heavy atom. The van der Waals surface area contributed by atoms with Gasteiger partial charge in [0.2, 0.25) is 0 Å². The Bertz CT molecular complexity index is 330. The average molecular weight is 246 g/mol. The van der Waals surface area contributed by atoms with Gasteiger partial charge in [-0.05, 0) is 0 Å². The molecule has 2 N–H and O–H groups in total. The Hall–Kier alpha value is -1.10. The minimum Gasteiger partial charge on any atom is -0.323 e. The zero-order chi connectivity index (χ0) is 12.3. The highest BCUT2D eigenvalue weighted by atomic mass is 31.2. The summed E-state index contributed by atoms with van der Waals surface area (Å²) in [6, 6.07) is 1.21. The van der Waals surface area contributed by atoms with E-state index < -0.39 is 32.5 Å². The highest BCUT2D eigenvalue weighted by Crippen LogP contribution is 2.36. The van der Waals surface area contributed by atoms with Crippen molar-refractivity contribution in [3.05, 3.63) is 0 Å². The van der Waals surface area contributed by atoms with Crippen molar-refractivity contribution in [2.75, 3.05) is 12.8 Å². The number of alkyl halides is 3. The summed E-state index contributed by atoms with van der Waals surface area (Å²) in [7, 11) is -4.82. The largest absolute Gasteiger partial charge is 0.471 e. The predicted molar refractivity (Wildman–Crippen MR) is 40.3 cm³/mol. The number of hydrogen-bond acceptors (Lipinski definition) is 3. The number of amides is 1. The van der Waals surface area contributed by atoms with Crippen molar-refractivity contribution in [3.8, 4) is 6.07 Å². The van der Waals surface area contributed by atoms with Crippen LogP contribution in [0, 0.1) is 11.3 Å². The van der Waals surface area contributed by atoms with E-state index in [9.17, 15) is 22.5 Å². The Labute approximate surface area is 82.1 Å². The molecule has 0 fully saturated rings. The molecule has 0 atom stereocenters. The van der Waals surface area contributed by atoms with E-state index in [0.29, 0.717) is 0 Å². The molecule has 10 heteroatoms. The maximum absolute atomic E-state index is 11.8. The van der Waals surface area contributed by atoms with Gasteiger partial charge in [-0.2, -0.15) is 18.4 Å². The maximum atomic E-state index is 11.8. The summed E-state index contributed by atoms with van der Waals surface area (Å²) in [5.41, 5.74) is 0. The van der Waals surface area contributed by atoms with Crippen molar-refractivity contribution in [1.29, 1.82) is 5.26 Å². The van der Waals surface area contributed by atoms with Crippen molar-refractivity contribution < 1.29 is 32.3 Å². The fourth-order valence-corrected chi connectivity index (χ4v) is 1.35. The standard InChI is InChI=1S/C5H6F3N2O4P/c6-5(7,8)4(11)10(2-1-9)3-15(12,13)14/h2-3H2,(H2,12,13,14). The minimum atomic E-state index is -5.26. The van der Waals surface area contributed by atoms with Crippen molar-refractivity contribution in [2.45, 2.75) is 6.18 Å². The van der Waals surface area contributed by atoms with Crippen LogP contribution in [-0.4, -0.2) is 39.6 Å². The number of carbonyl (C=O) groups excluding carboxylic acids is 1. The molecule has 0 aromatic carbocycles. The maximum Gasteiger partial charge on any atom is 0.471 e. The van der Waals surface area contributed by atoms with Gasteiger partial charge in [0.15, 0.2) is 0 Å². The number of nitrogens with zero attached hydrogens (tertiary/aromatic N) is 2. The fraction of sp³-hybridized carbons (Fsp3) is 0.600. The number of nitriles is 1. The molecular weight excluding hydrogens is 240 g/mol. The molecule has 0 aromatic heterocycles. The van der Waals surface area contributed by atoms with Crippen molar-refractivity contribution in [1.82, 2.24) is 4.90 Å². The topological polar surface area (TPSA) is 102 Å². The van der Waals surface area contributed by atoms with Crippen LogP contribution in [-0.2, 0) is 9.36 Å². The molecule has 0 spiro atoms. The highest BCUT2D eigenvalue weighted by molar-refractivity contribution is 7.51. The quantitative estimate of drug-likeness (QED) is 0.540. The summed E-state index contributed by atoms with van der Waals surface area (Å²) in [6.45, 7) is -1.04. The molecular formula is C5H6F3N2O4P. The molecule has 0 unspecified atom stereocenters. The second-order valence-corrected chi connectivity index (χ2v) is 4.08. The molecule has 0 heterocycles. The van der Waals surface area contributed by atoms with Crippen LogP contribution in [0.5, 0.6) is 0 Å². The SMILES string of the molecule is N#CCN(CP(=O)(O)O)C(=O)C(F)(F)F. The summed E-state index contributed by atoms with van der Waals surface area (Å²) in [6.07, 6.45) is -6.69. The molecule has 0 aliphatic rings. The highest BCUT2D eigenvalue weighted by Gasteiger charge is 2.43. The summed E-state index contributed by atoms with van der Waals surface area (Å²) in [4.78, 5) is 27.0. The lowest BCUT2D eigenvalue weighted by molar-refractivity contribution is -0.184. The lowest BCUT2D eigenvalue weighted by atomic mass is 10.5. The summed E-state index contributed by atoms with van der Waals surface area (Å²) >= 11 is 0. The van der Waals surface area contributed by atoms with Crippen molar-refractivity contribution in [3.63, 3.8) is 0 Å². The Kier molecular flexibility index (Phi) is 4.27. The van der Waals surface area contributed by atoms with E-state index in [1.54, 1.807) is 0 Å². The van der Waals surface area contributed by atoms with Gasteiger partial charge >= 0.3 is 19.7 Å². The van der Waals surface area contributed by atoms with Gasteiger partial charge in [0.1, 0.15) is 12.8 Å². The molecule has 0 radical (unpaired) electrons. The molecule has 86 valence electrons. The molecule has 1 amide bonds. The Morgan fingerprint density at radius 3 is 2.20 bits per heavy atom. The van der Waals surface area contributed by atoms with Gasteiger partial charge in [0, 0.05) is 0 Å². The van der Waals surface area contributed by atoms with Crippen LogP contribution >= 0.6 is 7.60 Å². The Balaban J connectivity index is 4.77. The molecule has 0 aliphatic carbocycles. The normalized spacial score (nSPS) is 12.0. The lowest BCUT2D eigenvalue weighted by Crippen LogP contribution is -2.41. The van der Waals surface area contributed by atoms with Crippen LogP contribution in [0.4, 0.5) is 13.2 Å². The molecule has 6 nitrogen and oxygen atoms in total. The van der Waals surface area contributed by atoms with Crippen LogP contribution in [0.3, 0.4) is 0 Å². The number of halogens is 3. The summed E-state index contributed by atoms with van der Waals surface area (Å²) in [5.74, 6) is -2.45. The number of rotatable bonds is 3. The van der Waals surface area contributed by atoms with Gasteiger partial charge in [0.05, 0.1) is 6.07 Å². The summed E-state index contributed by atoms with van der Waals surface area (Å²) in [5, 5.41) is 8.08. The van der Waals surface area contributed by atoms with Gasteiger partial charge < -0.3 is 14.7 Å². The first-order valence-electron chi connectivity index (χ1n) is 3.35. The van der Waals surface area contributed by atoms with E-state index in [-0.39, 0.29) is 4.90 Å². The third-order valence-electron chi connectivity index (χ3n) is 1.15. The molecule has 0 saturated heterocycles. The number of hydrogen-bond donors (Lipinski definition) is 2. The molecule has 0 rings (SSSR count). The van der Waals surface area contributed by atoms with Gasteiger partial charge in [-0.3, -0.25) is 9.36 Å². The van der Waals surface area contributed by atoms with Crippen molar-refractivity contribution >= 4 is 13.5 Å². The average Bonchev–Trinajstić information content (AvgIpc) is 1.98.